The molecule has 0 spiro atoms. The molecule has 0 fully saturated rings. The van der Waals surface area contributed by atoms with E-state index in [1.165, 1.54) is 6.07 Å². The standard InChI is InChI=1S/C28H28FN5O3/c1-34-17-31-33-27(34)24-20(19-8-5-4-6-9-19)10-11-21(29)25(24)28-32-22-14-18(16-30-12-7-13-35-2)15-23(36-3)26(22)37-28/h4-6,8-11,14-15,17,30H,7,12-13,16H2,1-3H3. The molecule has 9 heteroatoms. The number of ether oxygens (including phenoxy) is 2. The van der Waals surface area contributed by atoms with Gasteiger partial charge in [-0.2, -0.15) is 0 Å². The van der Waals surface area contributed by atoms with E-state index in [9.17, 15) is 0 Å². The van der Waals surface area contributed by atoms with E-state index in [4.69, 9.17) is 18.9 Å². The van der Waals surface area contributed by atoms with E-state index < -0.39 is 5.82 Å². The summed E-state index contributed by atoms with van der Waals surface area (Å²) in [6.45, 7) is 2.14. The lowest BCUT2D eigenvalue weighted by Crippen LogP contribution is -2.16. The van der Waals surface area contributed by atoms with Crippen LogP contribution in [0.4, 0.5) is 4.39 Å². The second kappa shape index (κ2) is 10.9. The summed E-state index contributed by atoms with van der Waals surface area (Å²) in [6, 6.07) is 16.8. The molecule has 0 radical (unpaired) electrons. The second-order valence-corrected chi connectivity index (χ2v) is 8.66. The molecule has 0 aliphatic rings. The molecule has 5 rings (SSSR count). The van der Waals surface area contributed by atoms with Gasteiger partial charge >= 0.3 is 0 Å². The molecular formula is C28H28FN5O3. The monoisotopic (exact) mass is 501 g/mol. The molecule has 0 aliphatic carbocycles. The zero-order valence-electron chi connectivity index (χ0n) is 21.0. The lowest BCUT2D eigenvalue weighted by atomic mass is 9.94. The van der Waals surface area contributed by atoms with Crippen molar-refractivity contribution in [2.75, 3.05) is 27.4 Å². The Morgan fingerprint density at radius 3 is 2.62 bits per heavy atom. The van der Waals surface area contributed by atoms with Crippen LogP contribution in [0.2, 0.25) is 0 Å². The van der Waals surface area contributed by atoms with Crippen molar-refractivity contribution in [3.05, 3.63) is 72.3 Å². The maximum atomic E-state index is 15.6. The van der Waals surface area contributed by atoms with Gasteiger partial charge in [0.1, 0.15) is 17.7 Å². The van der Waals surface area contributed by atoms with Gasteiger partial charge in [-0.15, -0.1) is 10.2 Å². The first kappa shape index (κ1) is 24.6. The summed E-state index contributed by atoms with van der Waals surface area (Å²) in [5.41, 5.74) is 4.49. The minimum Gasteiger partial charge on any atom is -0.493 e. The second-order valence-electron chi connectivity index (χ2n) is 8.66. The first-order chi connectivity index (χ1) is 18.1. The summed E-state index contributed by atoms with van der Waals surface area (Å²) in [5, 5.41) is 11.7. The molecule has 0 saturated heterocycles. The topological polar surface area (TPSA) is 87.2 Å². The van der Waals surface area contributed by atoms with E-state index in [0.717, 1.165) is 29.7 Å². The number of aryl methyl sites for hydroxylation is 1. The fourth-order valence-electron chi connectivity index (χ4n) is 4.38. The van der Waals surface area contributed by atoms with Gasteiger partial charge in [-0.05, 0) is 47.9 Å². The molecule has 0 bridgehead atoms. The van der Waals surface area contributed by atoms with E-state index >= 15 is 4.39 Å². The highest BCUT2D eigenvalue weighted by Gasteiger charge is 2.26. The van der Waals surface area contributed by atoms with Crippen LogP contribution < -0.4 is 10.1 Å². The van der Waals surface area contributed by atoms with Crippen LogP contribution in [0, 0.1) is 5.82 Å². The van der Waals surface area contributed by atoms with E-state index in [1.54, 1.807) is 31.2 Å². The van der Waals surface area contributed by atoms with Crippen LogP contribution in [-0.4, -0.2) is 47.1 Å². The van der Waals surface area contributed by atoms with Crippen LogP contribution in [0.25, 0.3) is 45.1 Å². The van der Waals surface area contributed by atoms with Crippen molar-refractivity contribution >= 4 is 11.1 Å². The summed E-state index contributed by atoms with van der Waals surface area (Å²) in [5.74, 6) is 0.711. The van der Waals surface area contributed by atoms with Crippen LogP contribution in [0.3, 0.4) is 0 Å². The van der Waals surface area contributed by atoms with Gasteiger partial charge < -0.3 is 23.8 Å². The number of nitrogens with zero attached hydrogens (tertiary/aromatic N) is 4. The van der Waals surface area contributed by atoms with Gasteiger partial charge in [0.25, 0.3) is 0 Å². The van der Waals surface area contributed by atoms with Gasteiger partial charge in [0.05, 0.1) is 12.7 Å². The third kappa shape index (κ3) is 4.96. The first-order valence-corrected chi connectivity index (χ1v) is 12.0. The molecule has 0 atom stereocenters. The molecule has 3 aromatic carbocycles. The van der Waals surface area contributed by atoms with Gasteiger partial charge in [-0.25, -0.2) is 9.37 Å². The maximum Gasteiger partial charge on any atom is 0.231 e. The van der Waals surface area contributed by atoms with Crippen molar-refractivity contribution in [3.8, 4) is 39.7 Å². The van der Waals surface area contributed by atoms with E-state index in [-0.39, 0.29) is 11.5 Å². The summed E-state index contributed by atoms with van der Waals surface area (Å²) >= 11 is 0. The van der Waals surface area contributed by atoms with Crippen LogP contribution in [0.1, 0.15) is 12.0 Å². The third-order valence-corrected chi connectivity index (χ3v) is 6.15. The van der Waals surface area contributed by atoms with Gasteiger partial charge in [0, 0.05) is 32.9 Å². The average molecular weight is 502 g/mol. The Morgan fingerprint density at radius 2 is 1.89 bits per heavy atom. The van der Waals surface area contributed by atoms with Crippen molar-refractivity contribution in [2.45, 2.75) is 13.0 Å². The molecule has 0 amide bonds. The highest BCUT2D eigenvalue weighted by Crippen LogP contribution is 2.42. The molecular weight excluding hydrogens is 473 g/mol. The normalized spacial score (nSPS) is 11.4. The van der Waals surface area contributed by atoms with Gasteiger partial charge in [-0.3, -0.25) is 0 Å². The smallest absolute Gasteiger partial charge is 0.231 e. The van der Waals surface area contributed by atoms with Crippen molar-refractivity contribution in [2.24, 2.45) is 7.05 Å². The number of methoxy groups -OCH3 is 2. The number of hydrogen-bond donors (Lipinski definition) is 1. The molecule has 0 saturated carbocycles. The Bertz CT molecular complexity index is 1510. The molecule has 1 N–H and O–H groups in total. The summed E-state index contributed by atoms with van der Waals surface area (Å²) < 4.78 is 34.2. The zero-order valence-corrected chi connectivity index (χ0v) is 21.0. The third-order valence-electron chi connectivity index (χ3n) is 6.15. The highest BCUT2D eigenvalue weighted by atomic mass is 19.1. The molecule has 5 aromatic rings. The molecule has 0 aliphatic heterocycles. The maximum absolute atomic E-state index is 15.6. The molecule has 2 aromatic heterocycles. The Hall–Kier alpha value is -4.08. The Kier molecular flexibility index (Phi) is 7.25. The van der Waals surface area contributed by atoms with Crippen molar-refractivity contribution in [1.82, 2.24) is 25.1 Å². The van der Waals surface area contributed by atoms with E-state index in [2.05, 4.69) is 15.5 Å². The lowest BCUT2D eigenvalue weighted by molar-refractivity contribution is 0.194. The van der Waals surface area contributed by atoms with Gasteiger partial charge in [0.15, 0.2) is 17.2 Å². The number of hydrogen-bond acceptors (Lipinski definition) is 7. The number of rotatable bonds is 10. The Labute approximate surface area is 214 Å². The van der Waals surface area contributed by atoms with Crippen molar-refractivity contribution < 1.29 is 18.3 Å². The average Bonchev–Trinajstić information content (AvgIpc) is 3.54. The molecule has 37 heavy (non-hydrogen) atoms. The minimum atomic E-state index is -0.469. The first-order valence-electron chi connectivity index (χ1n) is 12.0. The van der Waals surface area contributed by atoms with E-state index in [1.807, 2.05) is 49.5 Å². The number of aromatic nitrogens is 4. The van der Waals surface area contributed by atoms with E-state index in [0.29, 0.717) is 41.4 Å². The zero-order chi connectivity index (χ0) is 25.8. The summed E-state index contributed by atoms with van der Waals surface area (Å²) in [4.78, 5) is 4.71. The summed E-state index contributed by atoms with van der Waals surface area (Å²) in [6.07, 6.45) is 2.49. The lowest BCUT2D eigenvalue weighted by Gasteiger charge is -2.14. The number of benzene rings is 3. The van der Waals surface area contributed by atoms with Crippen LogP contribution >= 0.6 is 0 Å². The minimum absolute atomic E-state index is 0.145. The SMILES string of the molecule is COCCCNCc1cc(OC)c2oc(-c3c(F)ccc(-c4ccccc4)c3-c3nncn3C)nc2c1. The van der Waals surface area contributed by atoms with Crippen molar-refractivity contribution in [3.63, 3.8) is 0 Å². The van der Waals surface area contributed by atoms with Gasteiger partial charge in [0.2, 0.25) is 5.89 Å². The number of nitrogens with one attached hydrogen (secondary N) is 1. The number of halogens is 1. The Balaban J connectivity index is 1.64. The largest absolute Gasteiger partial charge is 0.493 e. The van der Waals surface area contributed by atoms with Crippen LogP contribution in [0.15, 0.2) is 65.3 Å². The Morgan fingerprint density at radius 1 is 1.05 bits per heavy atom. The quantitative estimate of drug-likeness (QED) is 0.262. The number of oxazole rings is 1. The molecule has 190 valence electrons. The molecule has 2 heterocycles. The highest BCUT2D eigenvalue weighted by molar-refractivity contribution is 5.92. The van der Waals surface area contributed by atoms with Gasteiger partial charge in [-0.1, -0.05) is 36.4 Å². The summed E-state index contributed by atoms with van der Waals surface area (Å²) in [7, 11) is 5.09. The fourth-order valence-corrected chi connectivity index (χ4v) is 4.38. The van der Waals surface area contributed by atoms with Crippen LogP contribution in [0.5, 0.6) is 5.75 Å². The predicted molar refractivity (Wildman–Crippen MR) is 140 cm³/mol. The fraction of sp³-hybridized carbons (Fsp3) is 0.250. The molecule has 8 nitrogen and oxygen atoms in total. The molecule has 0 unspecified atom stereocenters. The predicted octanol–water partition coefficient (Wildman–Crippen LogP) is 5.23. The van der Waals surface area contributed by atoms with Crippen LogP contribution in [-0.2, 0) is 18.3 Å². The van der Waals surface area contributed by atoms with Crippen molar-refractivity contribution in [1.29, 1.82) is 0 Å². The number of fused-ring (bicyclic) bond motifs is 1.